The summed E-state index contributed by atoms with van der Waals surface area (Å²) in [6, 6.07) is 10.4. The predicted molar refractivity (Wildman–Crippen MR) is 112 cm³/mol. The molecule has 0 N–H and O–H groups in total. The summed E-state index contributed by atoms with van der Waals surface area (Å²) in [5, 5.41) is 0.0550. The van der Waals surface area contributed by atoms with Crippen molar-refractivity contribution in [3.63, 3.8) is 0 Å². The first-order valence-electron chi connectivity index (χ1n) is 10.2. The highest BCUT2D eigenvalue weighted by Gasteiger charge is 2.41. The van der Waals surface area contributed by atoms with Gasteiger partial charge < -0.3 is 9.80 Å². The molecule has 2 aliphatic heterocycles. The van der Waals surface area contributed by atoms with Gasteiger partial charge in [0.15, 0.2) is 0 Å². The number of hydrogen-bond acceptors (Lipinski definition) is 3. The molecule has 0 aliphatic carbocycles. The molecule has 1 aromatic carbocycles. The van der Waals surface area contributed by atoms with Gasteiger partial charge in [0.05, 0.1) is 5.25 Å². The molecule has 2 fully saturated rings. The summed E-state index contributed by atoms with van der Waals surface area (Å²) in [6.07, 6.45) is 4.60. The lowest BCUT2D eigenvalue weighted by molar-refractivity contribution is -0.142. The normalized spacial score (nSPS) is 20.7. The van der Waals surface area contributed by atoms with E-state index in [0.29, 0.717) is 12.3 Å². The van der Waals surface area contributed by atoms with Gasteiger partial charge in [-0.15, -0.1) is 11.8 Å². The molecule has 4 nitrogen and oxygen atoms in total. The number of piperidine rings is 2. The van der Waals surface area contributed by atoms with Gasteiger partial charge in [0.25, 0.3) is 0 Å². The number of thioether (sulfide) groups is 1. The van der Waals surface area contributed by atoms with Crippen LogP contribution in [0.4, 0.5) is 0 Å². The van der Waals surface area contributed by atoms with Crippen molar-refractivity contribution < 1.29 is 9.59 Å². The number of amides is 2. The van der Waals surface area contributed by atoms with E-state index in [1.54, 1.807) is 11.8 Å². The molecule has 1 aromatic rings. The first kappa shape index (κ1) is 20.2. The molecule has 0 saturated carbocycles. The predicted octanol–water partition coefficient (Wildman–Crippen LogP) is 3.60. The third kappa shape index (κ3) is 5.07. The Morgan fingerprint density at radius 1 is 1.19 bits per heavy atom. The van der Waals surface area contributed by atoms with Gasteiger partial charge in [-0.25, -0.2) is 0 Å². The molecule has 0 aromatic heterocycles. The van der Waals surface area contributed by atoms with Gasteiger partial charge in [-0.05, 0) is 49.3 Å². The molecular formula is C22H32N2O2S. The van der Waals surface area contributed by atoms with Gasteiger partial charge in [-0.2, -0.15) is 0 Å². The average molecular weight is 389 g/mol. The maximum absolute atomic E-state index is 12.6. The zero-order valence-electron chi connectivity index (χ0n) is 16.7. The second-order valence-electron chi connectivity index (χ2n) is 7.97. The van der Waals surface area contributed by atoms with Crippen LogP contribution in [0.5, 0.6) is 0 Å². The van der Waals surface area contributed by atoms with Crippen molar-refractivity contribution in [3.8, 4) is 0 Å². The Bertz CT molecular complexity index is 641. The Morgan fingerprint density at radius 2 is 1.89 bits per heavy atom. The van der Waals surface area contributed by atoms with E-state index in [0.717, 1.165) is 57.6 Å². The summed E-state index contributed by atoms with van der Waals surface area (Å²) >= 11 is 1.72. The lowest BCUT2D eigenvalue weighted by Crippen LogP contribution is -2.53. The zero-order valence-corrected chi connectivity index (χ0v) is 17.5. The van der Waals surface area contributed by atoms with E-state index in [4.69, 9.17) is 0 Å². The smallest absolute Gasteiger partial charge is 0.235 e. The molecule has 148 valence electrons. The summed E-state index contributed by atoms with van der Waals surface area (Å²) < 4.78 is 0. The molecule has 0 unspecified atom stereocenters. The number of hydrogen-bond donors (Lipinski definition) is 0. The van der Waals surface area contributed by atoms with E-state index in [-0.39, 0.29) is 16.6 Å². The molecule has 2 amide bonds. The van der Waals surface area contributed by atoms with Gasteiger partial charge in [-0.3, -0.25) is 9.59 Å². The largest absolute Gasteiger partial charge is 0.342 e. The van der Waals surface area contributed by atoms with Crippen LogP contribution < -0.4 is 0 Å². The van der Waals surface area contributed by atoms with Crippen LogP contribution in [0, 0.1) is 5.41 Å². The van der Waals surface area contributed by atoms with E-state index in [2.05, 4.69) is 36.1 Å². The zero-order chi connectivity index (χ0) is 19.3. The molecule has 1 atom stereocenters. The van der Waals surface area contributed by atoms with Gasteiger partial charge >= 0.3 is 0 Å². The quantitative estimate of drug-likeness (QED) is 0.748. The molecule has 2 heterocycles. The third-order valence-electron chi connectivity index (χ3n) is 6.16. The van der Waals surface area contributed by atoms with Crippen molar-refractivity contribution in [2.45, 2.75) is 51.2 Å². The van der Waals surface area contributed by atoms with E-state index in [1.807, 2.05) is 17.9 Å². The average Bonchev–Trinajstić information content (AvgIpc) is 2.70. The monoisotopic (exact) mass is 388 g/mol. The van der Waals surface area contributed by atoms with Crippen LogP contribution in [0.15, 0.2) is 30.3 Å². The Hall–Kier alpha value is -1.49. The summed E-state index contributed by atoms with van der Waals surface area (Å²) in [4.78, 5) is 29.1. The van der Waals surface area contributed by atoms with Crippen LogP contribution in [0.3, 0.4) is 0 Å². The van der Waals surface area contributed by atoms with E-state index < -0.39 is 0 Å². The SMILES string of the molecule is CCS[C@H](C)C(=O)N1CCC2(CCC(=O)N(CCc3ccccc3)C2)CC1. The van der Waals surface area contributed by atoms with E-state index in [1.165, 1.54) is 5.56 Å². The number of carbonyl (C=O) groups is 2. The Kier molecular flexibility index (Phi) is 6.85. The van der Waals surface area contributed by atoms with Gasteiger partial charge in [0.1, 0.15) is 0 Å². The summed E-state index contributed by atoms with van der Waals surface area (Å²) in [6.45, 7) is 7.47. The number of likely N-dealkylation sites (tertiary alicyclic amines) is 2. The van der Waals surface area contributed by atoms with Crippen LogP contribution in [-0.2, 0) is 16.0 Å². The summed E-state index contributed by atoms with van der Waals surface area (Å²) in [5.41, 5.74) is 1.50. The standard InChI is InChI=1S/C22H32N2O2S/c1-3-27-18(2)21(26)23-15-12-22(13-16-23)11-9-20(25)24(17-22)14-10-19-7-5-4-6-8-19/h4-8,18H,3,9-17H2,1-2H3/t18-/m1/s1. The highest BCUT2D eigenvalue weighted by atomic mass is 32.2. The molecule has 27 heavy (non-hydrogen) atoms. The molecule has 0 radical (unpaired) electrons. The van der Waals surface area contributed by atoms with Gasteiger partial charge in [0.2, 0.25) is 11.8 Å². The first-order chi connectivity index (χ1) is 13.0. The molecule has 0 bridgehead atoms. The minimum atomic E-state index is 0.0550. The third-order valence-corrected chi connectivity index (χ3v) is 7.20. The fraction of sp³-hybridized carbons (Fsp3) is 0.636. The van der Waals surface area contributed by atoms with Crippen molar-refractivity contribution in [2.24, 2.45) is 5.41 Å². The highest BCUT2D eigenvalue weighted by molar-refractivity contribution is 8.00. The number of benzene rings is 1. The fourth-order valence-electron chi connectivity index (χ4n) is 4.40. The lowest BCUT2D eigenvalue weighted by Gasteiger charge is -2.47. The minimum absolute atomic E-state index is 0.0550. The topological polar surface area (TPSA) is 40.6 Å². The van der Waals surface area contributed by atoms with Crippen molar-refractivity contribution in [3.05, 3.63) is 35.9 Å². The molecular weight excluding hydrogens is 356 g/mol. The van der Waals surface area contributed by atoms with Crippen molar-refractivity contribution in [2.75, 3.05) is 31.9 Å². The Labute approximate surface area is 167 Å². The molecule has 1 spiro atoms. The molecule has 2 saturated heterocycles. The van der Waals surface area contributed by atoms with Crippen LogP contribution >= 0.6 is 11.8 Å². The van der Waals surface area contributed by atoms with Gasteiger partial charge in [0, 0.05) is 32.6 Å². The van der Waals surface area contributed by atoms with Crippen LogP contribution in [-0.4, -0.2) is 58.8 Å². The fourth-order valence-corrected chi connectivity index (χ4v) is 5.19. The van der Waals surface area contributed by atoms with Crippen molar-refractivity contribution in [1.29, 1.82) is 0 Å². The number of carbonyl (C=O) groups excluding carboxylic acids is 2. The first-order valence-corrected chi connectivity index (χ1v) is 11.3. The lowest BCUT2D eigenvalue weighted by atomic mass is 9.72. The second-order valence-corrected chi connectivity index (χ2v) is 9.59. The Morgan fingerprint density at radius 3 is 2.56 bits per heavy atom. The second kappa shape index (κ2) is 9.13. The molecule has 5 heteroatoms. The minimum Gasteiger partial charge on any atom is -0.342 e. The van der Waals surface area contributed by atoms with Crippen molar-refractivity contribution in [1.82, 2.24) is 9.80 Å². The Balaban J connectivity index is 1.54. The van der Waals surface area contributed by atoms with Crippen LogP contribution in [0.1, 0.15) is 45.1 Å². The van der Waals surface area contributed by atoms with E-state index in [9.17, 15) is 9.59 Å². The molecule has 3 rings (SSSR count). The number of nitrogens with zero attached hydrogens (tertiary/aromatic N) is 2. The summed E-state index contributed by atoms with van der Waals surface area (Å²) in [5.74, 6) is 1.55. The highest BCUT2D eigenvalue weighted by Crippen LogP contribution is 2.40. The molecule has 2 aliphatic rings. The van der Waals surface area contributed by atoms with E-state index >= 15 is 0 Å². The van der Waals surface area contributed by atoms with Crippen molar-refractivity contribution >= 4 is 23.6 Å². The van der Waals surface area contributed by atoms with Crippen LogP contribution in [0.25, 0.3) is 0 Å². The maximum Gasteiger partial charge on any atom is 0.235 e. The summed E-state index contributed by atoms with van der Waals surface area (Å²) in [7, 11) is 0. The van der Waals surface area contributed by atoms with Gasteiger partial charge in [-0.1, -0.05) is 37.3 Å². The number of rotatable bonds is 6. The van der Waals surface area contributed by atoms with Crippen LogP contribution in [0.2, 0.25) is 0 Å². The maximum atomic E-state index is 12.6.